The molecule has 116 valence electrons. The van der Waals surface area contributed by atoms with Crippen molar-refractivity contribution in [2.24, 2.45) is 0 Å². The van der Waals surface area contributed by atoms with E-state index in [0.717, 1.165) is 29.2 Å². The Bertz CT molecular complexity index is 662. The minimum absolute atomic E-state index is 0.768. The van der Waals surface area contributed by atoms with Crippen molar-refractivity contribution in [2.45, 2.75) is 6.42 Å². The summed E-state index contributed by atoms with van der Waals surface area (Å²) >= 11 is -0.826. The van der Waals surface area contributed by atoms with Crippen molar-refractivity contribution in [2.75, 3.05) is 21.3 Å². The first-order valence-electron chi connectivity index (χ1n) is 6.57. The summed E-state index contributed by atoms with van der Waals surface area (Å²) in [5.41, 5.74) is 4.87. The van der Waals surface area contributed by atoms with Crippen LogP contribution in [0.1, 0.15) is 11.1 Å². The summed E-state index contributed by atoms with van der Waals surface area (Å²) in [6.07, 6.45) is 0.905. The zero-order valence-electron chi connectivity index (χ0n) is 12.6. The van der Waals surface area contributed by atoms with E-state index in [1.807, 2.05) is 12.1 Å². The van der Waals surface area contributed by atoms with Gasteiger partial charge in [-0.1, -0.05) is 12.1 Å². The molecule has 3 rings (SSSR count). The predicted molar refractivity (Wildman–Crippen MR) is 86.0 cm³/mol. The fourth-order valence-corrected chi connectivity index (χ4v) is 2.70. The van der Waals surface area contributed by atoms with Crippen LogP contribution in [0.15, 0.2) is 30.3 Å². The molecule has 22 heavy (non-hydrogen) atoms. The van der Waals surface area contributed by atoms with Gasteiger partial charge >= 0.3 is 37.9 Å². The van der Waals surface area contributed by atoms with E-state index in [1.54, 1.807) is 21.3 Å². The number of fused-ring (bicyclic) bond motifs is 3. The molecule has 0 saturated carbocycles. The molecule has 0 spiro atoms. The third-order valence-corrected chi connectivity index (χ3v) is 3.59. The molecule has 0 radical (unpaired) electrons. The molecule has 2 aromatic rings. The van der Waals surface area contributed by atoms with Crippen LogP contribution in [0.5, 0.6) is 17.2 Å². The number of hydrogen-bond acceptors (Lipinski definition) is 3. The van der Waals surface area contributed by atoms with Crippen LogP contribution in [-0.4, -0.2) is 21.3 Å². The molecular formula is C16H16Cl2O3Zr. The summed E-state index contributed by atoms with van der Waals surface area (Å²) in [6.45, 7) is 0. The van der Waals surface area contributed by atoms with Crippen LogP contribution < -0.4 is 14.2 Å². The monoisotopic (exact) mass is 416 g/mol. The van der Waals surface area contributed by atoms with Crippen LogP contribution in [-0.2, 0) is 27.3 Å². The van der Waals surface area contributed by atoms with E-state index < -0.39 is 20.8 Å². The predicted octanol–water partition coefficient (Wildman–Crippen LogP) is 4.66. The molecule has 0 bridgehead atoms. The summed E-state index contributed by atoms with van der Waals surface area (Å²) in [5, 5.41) is 0. The maximum absolute atomic E-state index is 5.54. The Hall–Kier alpha value is -0.697. The number of rotatable bonds is 3. The van der Waals surface area contributed by atoms with Gasteiger partial charge in [0.05, 0.1) is 21.3 Å². The summed E-state index contributed by atoms with van der Waals surface area (Å²) < 4.78 is 16.2. The topological polar surface area (TPSA) is 27.7 Å². The number of benzene rings is 2. The van der Waals surface area contributed by atoms with E-state index in [9.17, 15) is 0 Å². The first-order valence-corrected chi connectivity index (χ1v) is 12.9. The van der Waals surface area contributed by atoms with Gasteiger partial charge < -0.3 is 14.2 Å². The zero-order chi connectivity index (χ0) is 16.1. The van der Waals surface area contributed by atoms with Crippen molar-refractivity contribution < 1.29 is 35.1 Å². The van der Waals surface area contributed by atoms with Crippen LogP contribution in [0.3, 0.4) is 0 Å². The second kappa shape index (κ2) is 8.24. The van der Waals surface area contributed by atoms with Gasteiger partial charge in [-0.05, 0) is 41.3 Å². The fourth-order valence-electron chi connectivity index (χ4n) is 2.70. The van der Waals surface area contributed by atoms with Crippen LogP contribution in [0.2, 0.25) is 0 Å². The van der Waals surface area contributed by atoms with E-state index in [0.29, 0.717) is 0 Å². The van der Waals surface area contributed by atoms with Crippen molar-refractivity contribution in [3.8, 4) is 28.4 Å². The van der Waals surface area contributed by atoms with Crippen molar-refractivity contribution in [1.29, 1.82) is 0 Å². The molecule has 6 heteroatoms. The van der Waals surface area contributed by atoms with Gasteiger partial charge in [0.15, 0.2) is 11.5 Å². The molecule has 1 aliphatic carbocycles. The Labute approximate surface area is 149 Å². The Morgan fingerprint density at radius 2 is 1.64 bits per heavy atom. The number of methoxy groups -OCH3 is 3. The Kier molecular flexibility index (Phi) is 6.61. The van der Waals surface area contributed by atoms with Crippen molar-refractivity contribution >= 4 is 17.0 Å². The third kappa shape index (κ3) is 3.45. The normalized spacial score (nSPS) is 10.8. The van der Waals surface area contributed by atoms with Gasteiger partial charge in [0.25, 0.3) is 0 Å². The molecular weight excluding hydrogens is 402 g/mol. The van der Waals surface area contributed by atoms with E-state index in [1.165, 1.54) is 16.7 Å². The van der Waals surface area contributed by atoms with Gasteiger partial charge in [-0.2, -0.15) is 0 Å². The molecule has 1 aliphatic rings. The van der Waals surface area contributed by atoms with Gasteiger partial charge in [0, 0.05) is 5.56 Å². The maximum atomic E-state index is 5.54. The average Bonchev–Trinajstić information content (AvgIpc) is 2.92. The molecule has 2 aromatic carbocycles. The second-order valence-corrected chi connectivity index (χ2v) is 8.34. The summed E-state index contributed by atoms with van der Waals surface area (Å²) in [6, 6.07) is 10.2. The van der Waals surface area contributed by atoms with Gasteiger partial charge in [-0.3, -0.25) is 0 Å². The van der Waals surface area contributed by atoms with Crippen LogP contribution in [0.4, 0.5) is 0 Å². The molecule has 0 saturated heterocycles. The van der Waals surface area contributed by atoms with Crippen molar-refractivity contribution in [3.05, 3.63) is 41.5 Å². The standard InChI is InChI=1S/C16H16O3.2ClH.Zr/c1-17-12-5-6-13-11(9-12)8-10-4-7-14(18-2)16(19-3)15(10)13;;;/h4-7,9H,8H2,1-3H3;2*1H;/q;;;+2/p-2. The van der Waals surface area contributed by atoms with Crippen molar-refractivity contribution in [1.82, 2.24) is 0 Å². The molecule has 3 nitrogen and oxygen atoms in total. The number of halogens is 2. The zero-order valence-corrected chi connectivity index (χ0v) is 16.5. The first-order chi connectivity index (χ1) is 10.7. The molecule has 0 aromatic heterocycles. The Morgan fingerprint density at radius 1 is 0.909 bits per heavy atom. The summed E-state index contributed by atoms with van der Waals surface area (Å²) in [5.74, 6) is 2.46. The van der Waals surface area contributed by atoms with Gasteiger partial charge in [0.1, 0.15) is 5.75 Å². The van der Waals surface area contributed by atoms with E-state index in [4.69, 9.17) is 31.2 Å². The number of hydrogen-bond donors (Lipinski definition) is 0. The SMILES string of the molecule is COc1ccc2c(c1)Cc1ccc(OC)c(OC)c1-2.[Cl][Zr][Cl]. The molecule has 0 atom stereocenters. The van der Waals surface area contributed by atoms with E-state index in [2.05, 4.69) is 18.2 Å². The van der Waals surface area contributed by atoms with Gasteiger partial charge in [0.2, 0.25) is 0 Å². The second-order valence-electron chi connectivity index (χ2n) is 4.61. The van der Waals surface area contributed by atoms with Crippen molar-refractivity contribution in [3.63, 3.8) is 0 Å². The Morgan fingerprint density at radius 3 is 2.23 bits per heavy atom. The van der Waals surface area contributed by atoms with E-state index in [-0.39, 0.29) is 0 Å². The first kappa shape index (κ1) is 17.7. The molecule has 0 unspecified atom stereocenters. The molecule has 0 aliphatic heterocycles. The summed E-state index contributed by atoms with van der Waals surface area (Å²) in [4.78, 5) is 0. The Balaban J connectivity index is 0.000000545. The van der Waals surface area contributed by atoms with Crippen LogP contribution >= 0.6 is 17.0 Å². The van der Waals surface area contributed by atoms with Crippen LogP contribution in [0.25, 0.3) is 11.1 Å². The molecule has 0 fully saturated rings. The number of ether oxygens (including phenoxy) is 3. The fraction of sp³-hybridized carbons (Fsp3) is 0.250. The average molecular weight is 418 g/mol. The molecule has 0 heterocycles. The van der Waals surface area contributed by atoms with Gasteiger partial charge in [-0.25, -0.2) is 0 Å². The molecule has 0 amide bonds. The van der Waals surface area contributed by atoms with E-state index >= 15 is 0 Å². The van der Waals surface area contributed by atoms with Crippen LogP contribution in [0, 0.1) is 0 Å². The minimum atomic E-state index is -0.826. The quantitative estimate of drug-likeness (QED) is 0.619. The van der Waals surface area contributed by atoms with Gasteiger partial charge in [-0.15, -0.1) is 0 Å². The summed E-state index contributed by atoms with van der Waals surface area (Å²) in [7, 11) is 14.9. The third-order valence-electron chi connectivity index (χ3n) is 3.59. The molecule has 0 N–H and O–H groups in total.